The number of hydrogen-bond acceptors (Lipinski definition) is 3. The standard InChI is InChI=1S/C21H20Br2F2N2OS/c1-21(2,3)29(28)27-17(10-12-8-13(24)11-14(25)9-12)19-18(22)15-6-4-5-7-16(15)20(23)26-19/h4-9,11,17,27H,10H2,1-3H3/t17-,29?/m0/s1. The molecule has 1 aromatic heterocycles. The van der Waals surface area contributed by atoms with Gasteiger partial charge in [0, 0.05) is 32.7 Å². The van der Waals surface area contributed by atoms with Gasteiger partial charge in [0.05, 0.1) is 11.7 Å². The Kier molecular flexibility index (Phi) is 7.00. The van der Waals surface area contributed by atoms with Gasteiger partial charge in [0.15, 0.2) is 0 Å². The molecule has 1 unspecified atom stereocenters. The molecule has 3 aromatic rings. The van der Waals surface area contributed by atoms with Crippen molar-refractivity contribution in [2.75, 3.05) is 0 Å². The van der Waals surface area contributed by atoms with Gasteiger partial charge < -0.3 is 4.55 Å². The van der Waals surface area contributed by atoms with E-state index in [0.717, 1.165) is 21.3 Å². The molecular weight excluding hydrogens is 526 g/mol. The summed E-state index contributed by atoms with van der Waals surface area (Å²) in [7, 11) is 0. The Hall–Kier alpha value is -1.06. The molecule has 8 heteroatoms. The molecule has 2 atom stereocenters. The van der Waals surface area contributed by atoms with E-state index in [-0.39, 0.29) is 6.42 Å². The average Bonchev–Trinajstić information content (AvgIpc) is 2.62. The van der Waals surface area contributed by atoms with Crippen LogP contribution in [-0.2, 0) is 17.8 Å². The number of aromatic nitrogens is 1. The van der Waals surface area contributed by atoms with Crippen LogP contribution in [0.25, 0.3) is 10.8 Å². The van der Waals surface area contributed by atoms with Crippen molar-refractivity contribution < 1.29 is 13.3 Å². The van der Waals surface area contributed by atoms with Crippen LogP contribution in [0.2, 0.25) is 0 Å². The highest BCUT2D eigenvalue weighted by Crippen LogP contribution is 2.36. The Morgan fingerprint density at radius 1 is 1.07 bits per heavy atom. The first kappa shape index (κ1) is 22.6. The van der Waals surface area contributed by atoms with E-state index in [0.29, 0.717) is 15.9 Å². The first-order chi connectivity index (χ1) is 13.6. The Morgan fingerprint density at radius 3 is 2.24 bits per heavy atom. The van der Waals surface area contributed by atoms with E-state index >= 15 is 0 Å². The van der Waals surface area contributed by atoms with Crippen molar-refractivity contribution in [2.24, 2.45) is 0 Å². The highest BCUT2D eigenvalue weighted by atomic mass is 79.9. The van der Waals surface area contributed by atoms with E-state index in [1.807, 2.05) is 45.0 Å². The summed E-state index contributed by atoms with van der Waals surface area (Å²) in [6.45, 7) is 5.56. The van der Waals surface area contributed by atoms with Gasteiger partial charge in [0.25, 0.3) is 0 Å². The molecule has 1 N–H and O–H groups in total. The monoisotopic (exact) mass is 544 g/mol. The summed E-state index contributed by atoms with van der Waals surface area (Å²) in [5, 5.41) is 1.86. The predicted octanol–water partition coefficient (Wildman–Crippen LogP) is 6.37. The molecule has 0 aliphatic carbocycles. The van der Waals surface area contributed by atoms with E-state index in [1.54, 1.807) is 0 Å². The summed E-state index contributed by atoms with van der Waals surface area (Å²) in [4.78, 5) is 4.66. The van der Waals surface area contributed by atoms with Gasteiger partial charge in [-0.25, -0.2) is 13.8 Å². The Bertz CT molecular complexity index is 1020. The maximum absolute atomic E-state index is 13.7. The molecule has 1 heterocycles. The normalized spacial score (nSPS) is 14.2. The lowest BCUT2D eigenvalue weighted by Crippen LogP contribution is -2.42. The van der Waals surface area contributed by atoms with Gasteiger partial charge in [-0.15, -0.1) is 4.72 Å². The molecule has 0 spiro atoms. The van der Waals surface area contributed by atoms with Gasteiger partial charge in [0.1, 0.15) is 21.0 Å². The molecule has 0 saturated heterocycles. The maximum atomic E-state index is 13.7. The molecule has 2 aromatic carbocycles. The minimum absolute atomic E-state index is 0.215. The lowest BCUT2D eigenvalue weighted by Gasteiger charge is -2.28. The van der Waals surface area contributed by atoms with Crippen LogP contribution in [0.4, 0.5) is 8.78 Å². The number of hydrogen-bond donors (Lipinski definition) is 1. The van der Waals surface area contributed by atoms with Crippen LogP contribution in [0.1, 0.15) is 38.1 Å². The van der Waals surface area contributed by atoms with E-state index in [2.05, 4.69) is 41.6 Å². The lowest BCUT2D eigenvalue weighted by molar-refractivity contribution is 0.516. The molecule has 154 valence electrons. The van der Waals surface area contributed by atoms with E-state index in [1.165, 1.54) is 12.1 Å². The lowest BCUT2D eigenvalue weighted by atomic mass is 10.0. The van der Waals surface area contributed by atoms with Crippen molar-refractivity contribution in [2.45, 2.75) is 38.0 Å². The molecule has 3 rings (SSSR count). The van der Waals surface area contributed by atoms with Gasteiger partial charge >= 0.3 is 0 Å². The number of halogens is 4. The molecule has 0 amide bonds. The fourth-order valence-electron chi connectivity index (χ4n) is 2.90. The number of nitrogens with one attached hydrogen (secondary N) is 1. The summed E-state index contributed by atoms with van der Waals surface area (Å²) in [6, 6.07) is 10.6. The number of nitrogens with zero attached hydrogens (tertiary/aromatic N) is 1. The van der Waals surface area contributed by atoms with Gasteiger partial charge in [-0.1, -0.05) is 24.3 Å². The summed E-state index contributed by atoms with van der Waals surface area (Å²) in [5.74, 6) is -1.30. The average molecular weight is 546 g/mol. The second-order valence-electron chi connectivity index (χ2n) is 7.68. The highest BCUT2D eigenvalue weighted by Gasteiger charge is 2.32. The summed E-state index contributed by atoms with van der Waals surface area (Å²) >= 11 is 5.72. The Morgan fingerprint density at radius 2 is 1.66 bits per heavy atom. The third-order valence-electron chi connectivity index (χ3n) is 4.33. The molecule has 0 fully saturated rings. The SMILES string of the molecule is CC(C)(C)[S+]([O-])N[C@@H](Cc1cc(F)cc(F)c1)c1nc(Br)c2ccccc2c1Br. The van der Waals surface area contributed by atoms with Crippen LogP contribution in [-0.4, -0.2) is 14.3 Å². The molecule has 29 heavy (non-hydrogen) atoms. The van der Waals surface area contributed by atoms with Crippen LogP contribution >= 0.6 is 31.9 Å². The van der Waals surface area contributed by atoms with Crippen molar-refractivity contribution in [1.82, 2.24) is 9.71 Å². The summed E-state index contributed by atoms with van der Waals surface area (Å²) in [6.07, 6.45) is 0.215. The summed E-state index contributed by atoms with van der Waals surface area (Å²) in [5.41, 5.74) is 1.06. The van der Waals surface area contributed by atoms with Gasteiger partial charge in [-0.05, 0) is 76.7 Å². The first-order valence-electron chi connectivity index (χ1n) is 8.93. The predicted molar refractivity (Wildman–Crippen MR) is 121 cm³/mol. The number of pyridine rings is 1. The van der Waals surface area contributed by atoms with Crippen LogP contribution in [0, 0.1) is 11.6 Å². The number of fused-ring (bicyclic) bond motifs is 1. The van der Waals surface area contributed by atoms with Crippen molar-refractivity contribution in [3.05, 3.63) is 74.4 Å². The topological polar surface area (TPSA) is 48.0 Å². The van der Waals surface area contributed by atoms with Crippen LogP contribution in [0.3, 0.4) is 0 Å². The van der Waals surface area contributed by atoms with Gasteiger partial charge in [-0.3, -0.25) is 0 Å². The van der Waals surface area contributed by atoms with Crippen molar-refractivity contribution >= 4 is 54.0 Å². The van der Waals surface area contributed by atoms with Crippen molar-refractivity contribution in [3.63, 3.8) is 0 Å². The smallest absolute Gasteiger partial charge is 0.136 e. The molecule has 3 nitrogen and oxygen atoms in total. The zero-order chi connectivity index (χ0) is 21.3. The molecule has 0 aliphatic rings. The van der Waals surface area contributed by atoms with Crippen molar-refractivity contribution in [1.29, 1.82) is 0 Å². The molecule has 0 saturated carbocycles. The fourth-order valence-corrected chi connectivity index (χ4v) is 4.96. The zero-order valence-electron chi connectivity index (χ0n) is 16.1. The summed E-state index contributed by atoms with van der Waals surface area (Å²) < 4.78 is 44.3. The van der Waals surface area contributed by atoms with Crippen molar-refractivity contribution in [3.8, 4) is 0 Å². The Labute approximate surface area is 188 Å². The minimum atomic E-state index is -1.41. The van der Waals surface area contributed by atoms with Crippen LogP contribution in [0.5, 0.6) is 0 Å². The fraction of sp³-hybridized carbons (Fsp3) is 0.286. The maximum Gasteiger partial charge on any atom is 0.136 e. The minimum Gasteiger partial charge on any atom is -0.598 e. The van der Waals surface area contributed by atoms with Crippen LogP contribution < -0.4 is 4.72 Å². The number of rotatable bonds is 5. The zero-order valence-corrected chi connectivity index (χ0v) is 20.1. The molecule has 0 radical (unpaired) electrons. The molecular formula is C21H20Br2F2N2OS. The third kappa shape index (κ3) is 5.35. The Balaban J connectivity index is 2.09. The van der Waals surface area contributed by atoms with E-state index < -0.39 is 33.8 Å². The quantitative estimate of drug-likeness (QED) is 0.299. The van der Waals surface area contributed by atoms with Crippen LogP contribution in [0.15, 0.2) is 51.5 Å². The highest BCUT2D eigenvalue weighted by molar-refractivity contribution is 9.11. The molecule has 0 bridgehead atoms. The largest absolute Gasteiger partial charge is 0.598 e. The van der Waals surface area contributed by atoms with E-state index in [9.17, 15) is 13.3 Å². The first-order valence-corrected chi connectivity index (χ1v) is 11.7. The van der Waals surface area contributed by atoms with Gasteiger partial charge in [-0.2, -0.15) is 0 Å². The number of benzene rings is 2. The van der Waals surface area contributed by atoms with Gasteiger partial charge in [0.2, 0.25) is 0 Å². The second-order valence-corrected chi connectivity index (χ2v) is 11.2. The third-order valence-corrected chi connectivity index (χ3v) is 7.38. The second kappa shape index (κ2) is 8.98. The van der Waals surface area contributed by atoms with E-state index in [4.69, 9.17) is 0 Å². The molecule has 0 aliphatic heterocycles.